The van der Waals surface area contributed by atoms with E-state index in [1.807, 2.05) is 18.4 Å². The molecular formula is C10H15NOS. The number of hydrogen-bond acceptors (Lipinski definition) is 3. The van der Waals surface area contributed by atoms with Crippen LogP contribution in [0.1, 0.15) is 21.4 Å². The van der Waals surface area contributed by atoms with Crippen molar-refractivity contribution in [2.75, 3.05) is 20.2 Å². The van der Waals surface area contributed by atoms with E-state index in [4.69, 9.17) is 4.74 Å². The molecule has 1 aliphatic heterocycles. The second kappa shape index (κ2) is 3.78. The van der Waals surface area contributed by atoms with Gasteiger partial charge in [-0.2, -0.15) is 0 Å². The van der Waals surface area contributed by atoms with Crippen LogP contribution in [-0.2, 0) is 11.2 Å². The second-order valence-corrected chi connectivity index (χ2v) is 4.70. The second-order valence-electron chi connectivity index (χ2n) is 3.41. The lowest BCUT2D eigenvalue weighted by Crippen LogP contribution is -2.23. The van der Waals surface area contributed by atoms with E-state index in [9.17, 15) is 0 Å². The summed E-state index contributed by atoms with van der Waals surface area (Å²) in [7, 11) is 1.97. The molecule has 0 spiro atoms. The van der Waals surface area contributed by atoms with Crippen LogP contribution in [0.2, 0.25) is 0 Å². The minimum atomic E-state index is 0.285. The van der Waals surface area contributed by atoms with E-state index in [0.717, 1.165) is 19.6 Å². The fourth-order valence-corrected chi connectivity index (χ4v) is 2.90. The SMILES string of the molecule is CNCC1OCCc2cc(C)sc21. The van der Waals surface area contributed by atoms with Gasteiger partial charge < -0.3 is 10.1 Å². The molecule has 0 saturated carbocycles. The minimum Gasteiger partial charge on any atom is -0.371 e. The van der Waals surface area contributed by atoms with Crippen molar-refractivity contribution in [2.45, 2.75) is 19.4 Å². The van der Waals surface area contributed by atoms with Gasteiger partial charge >= 0.3 is 0 Å². The number of rotatable bonds is 2. The van der Waals surface area contributed by atoms with Crippen molar-refractivity contribution in [3.05, 3.63) is 21.4 Å². The first-order valence-electron chi connectivity index (χ1n) is 4.66. The smallest absolute Gasteiger partial charge is 0.104 e. The molecule has 2 rings (SSSR count). The van der Waals surface area contributed by atoms with E-state index in [0.29, 0.717) is 0 Å². The zero-order chi connectivity index (χ0) is 9.26. The van der Waals surface area contributed by atoms with Crippen molar-refractivity contribution in [2.24, 2.45) is 0 Å². The summed E-state index contributed by atoms with van der Waals surface area (Å²) < 4.78 is 5.71. The highest BCUT2D eigenvalue weighted by molar-refractivity contribution is 7.12. The number of fused-ring (bicyclic) bond motifs is 1. The first-order chi connectivity index (χ1) is 6.31. The summed E-state index contributed by atoms with van der Waals surface area (Å²) in [5.74, 6) is 0. The quantitative estimate of drug-likeness (QED) is 0.781. The van der Waals surface area contributed by atoms with E-state index >= 15 is 0 Å². The summed E-state index contributed by atoms with van der Waals surface area (Å²) in [5, 5.41) is 3.17. The highest BCUT2D eigenvalue weighted by atomic mass is 32.1. The number of likely N-dealkylation sites (N-methyl/N-ethyl adjacent to an activating group) is 1. The van der Waals surface area contributed by atoms with Crippen molar-refractivity contribution in [3.63, 3.8) is 0 Å². The number of thiophene rings is 1. The normalized spacial score (nSPS) is 21.5. The standard InChI is InChI=1S/C10H15NOS/c1-7-5-8-3-4-12-9(6-11-2)10(8)13-7/h5,9,11H,3-4,6H2,1-2H3. The van der Waals surface area contributed by atoms with Crippen LogP contribution >= 0.6 is 11.3 Å². The molecule has 1 aliphatic rings. The highest BCUT2D eigenvalue weighted by Crippen LogP contribution is 2.33. The Bertz CT molecular complexity index is 295. The van der Waals surface area contributed by atoms with Gasteiger partial charge in [0.25, 0.3) is 0 Å². The van der Waals surface area contributed by atoms with Crippen molar-refractivity contribution < 1.29 is 4.74 Å². The van der Waals surface area contributed by atoms with Gasteiger partial charge in [-0.05, 0) is 32.0 Å². The Hall–Kier alpha value is -0.380. The maximum Gasteiger partial charge on any atom is 0.104 e. The van der Waals surface area contributed by atoms with Gasteiger partial charge in [0.05, 0.1) is 6.61 Å². The molecular weight excluding hydrogens is 182 g/mol. The van der Waals surface area contributed by atoms with Crippen LogP contribution in [0.15, 0.2) is 6.07 Å². The molecule has 13 heavy (non-hydrogen) atoms. The Labute approximate surface area is 82.9 Å². The molecule has 1 aromatic rings. The van der Waals surface area contributed by atoms with Gasteiger partial charge in [0.1, 0.15) is 6.10 Å². The molecule has 1 atom stereocenters. The number of hydrogen-bond donors (Lipinski definition) is 1. The summed E-state index contributed by atoms with van der Waals surface area (Å²) in [6.45, 7) is 3.96. The molecule has 1 N–H and O–H groups in total. The van der Waals surface area contributed by atoms with E-state index in [1.54, 1.807) is 0 Å². The van der Waals surface area contributed by atoms with Gasteiger partial charge in [0.2, 0.25) is 0 Å². The van der Waals surface area contributed by atoms with Crippen LogP contribution in [0.3, 0.4) is 0 Å². The summed E-state index contributed by atoms with van der Waals surface area (Å²) in [4.78, 5) is 2.83. The van der Waals surface area contributed by atoms with Crippen LogP contribution < -0.4 is 5.32 Å². The van der Waals surface area contributed by atoms with Gasteiger partial charge in [0, 0.05) is 16.3 Å². The summed E-state index contributed by atoms with van der Waals surface area (Å²) in [6, 6.07) is 2.30. The molecule has 1 aromatic heterocycles. The Morgan fingerprint density at radius 2 is 2.54 bits per heavy atom. The van der Waals surface area contributed by atoms with Crippen molar-refractivity contribution in [1.82, 2.24) is 5.32 Å². The van der Waals surface area contributed by atoms with Crippen molar-refractivity contribution in [1.29, 1.82) is 0 Å². The third-order valence-electron chi connectivity index (χ3n) is 2.34. The zero-order valence-electron chi connectivity index (χ0n) is 8.09. The van der Waals surface area contributed by atoms with Crippen molar-refractivity contribution in [3.8, 4) is 0 Å². The summed E-state index contributed by atoms with van der Waals surface area (Å²) in [6.07, 6.45) is 1.37. The van der Waals surface area contributed by atoms with Crippen LogP contribution in [-0.4, -0.2) is 20.2 Å². The number of aryl methyl sites for hydroxylation is 1. The Morgan fingerprint density at radius 1 is 1.69 bits per heavy atom. The molecule has 0 radical (unpaired) electrons. The summed E-state index contributed by atoms with van der Waals surface area (Å²) in [5.41, 5.74) is 1.49. The van der Waals surface area contributed by atoms with Crippen LogP contribution in [0, 0.1) is 6.92 Å². The Morgan fingerprint density at radius 3 is 3.31 bits per heavy atom. The molecule has 0 fully saturated rings. The van der Waals surface area contributed by atoms with Gasteiger partial charge in [-0.15, -0.1) is 11.3 Å². The lowest BCUT2D eigenvalue weighted by atomic mass is 10.1. The van der Waals surface area contributed by atoms with Crippen LogP contribution in [0.4, 0.5) is 0 Å². The monoisotopic (exact) mass is 197 g/mol. The van der Waals surface area contributed by atoms with E-state index in [1.165, 1.54) is 15.3 Å². The van der Waals surface area contributed by atoms with Crippen LogP contribution in [0.25, 0.3) is 0 Å². The summed E-state index contributed by atoms with van der Waals surface area (Å²) >= 11 is 1.87. The highest BCUT2D eigenvalue weighted by Gasteiger charge is 2.22. The third kappa shape index (κ3) is 1.77. The van der Waals surface area contributed by atoms with E-state index in [-0.39, 0.29) is 6.10 Å². The maximum atomic E-state index is 5.71. The lowest BCUT2D eigenvalue weighted by molar-refractivity contribution is 0.0469. The maximum absolute atomic E-state index is 5.71. The molecule has 0 aromatic carbocycles. The van der Waals surface area contributed by atoms with E-state index in [2.05, 4.69) is 18.3 Å². The fourth-order valence-electron chi connectivity index (χ4n) is 1.78. The molecule has 2 nitrogen and oxygen atoms in total. The Balaban J connectivity index is 2.25. The fraction of sp³-hybridized carbons (Fsp3) is 0.600. The number of nitrogens with one attached hydrogen (secondary N) is 1. The van der Waals surface area contributed by atoms with Gasteiger partial charge in [-0.3, -0.25) is 0 Å². The molecule has 3 heteroatoms. The first-order valence-corrected chi connectivity index (χ1v) is 5.48. The average molecular weight is 197 g/mol. The molecule has 0 aliphatic carbocycles. The topological polar surface area (TPSA) is 21.3 Å². The van der Waals surface area contributed by atoms with Gasteiger partial charge in [0.15, 0.2) is 0 Å². The number of ether oxygens (including phenoxy) is 1. The molecule has 2 heterocycles. The third-order valence-corrected chi connectivity index (χ3v) is 3.52. The molecule has 0 bridgehead atoms. The predicted molar refractivity (Wildman–Crippen MR) is 55.4 cm³/mol. The zero-order valence-corrected chi connectivity index (χ0v) is 8.91. The van der Waals surface area contributed by atoms with E-state index < -0.39 is 0 Å². The largest absolute Gasteiger partial charge is 0.371 e. The minimum absolute atomic E-state index is 0.285. The van der Waals surface area contributed by atoms with Gasteiger partial charge in [-0.1, -0.05) is 0 Å². The molecule has 0 saturated heterocycles. The average Bonchev–Trinajstić information content (AvgIpc) is 2.47. The first kappa shape index (κ1) is 9.19. The van der Waals surface area contributed by atoms with Gasteiger partial charge in [-0.25, -0.2) is 0 Å². The molecule has 72 valence electrons. The molecule has 0 amide bonds. The molecule has 1 unspecified atom stereocenters. The lowest BCUT2D eigenvalue weighted by Gasteiger charge is -2.22. The predicted octanol–water partition coefficient (Wildman–Crippen LogP) is 1.89. The van der Waals surface area contributed by atoms with Crippen molar-refractivity contribution >= 4 is 11.3 Å². The van der Waals surface area contributed by atoms with Crippen LogP contribution in [0.5, 0.6) is 0 Å². The Kier molecular flexibility index (Phi) is 2.67.